The Balaban J connectivity index is 1.15. The van der Waals surface area contributed by atoms with E-state index in [4.69, 9.17) is 6.57 Å². The minimum absolute atomic E-state index is 0.0711. The summed E-state index contributed by atoms with van der Waals surface area (Å²) in [5.74, 6) is 0. The molecular formula is C126H134BN5. The van der Waals surface area contributed by atoms with E-state index < -0.39 is 5.41 Å². The first-order valence-electron chi connectivity index (χ1n) is 47.8. The third kappa shape index (κ3) is 17.1. The van der Waals surface area contributed by atoms with Crippen molar-refractivity contribution in [2.75, 3.05) is 9.80 Å². The molecule has 0 atom stereocenters. The van der Waals surface area contributed by atoms with Gasteiger partial charge < -0.3 is 14.4 Å². The van der Waals surface area contributed by atoms with Crippen LogP contribution in [0.4, 0.5) is 39.8 Å². The monoisotopic (exact) mass is 1730 g/mol. The van der Waals surface area contributed by atoms with E-state index in [1.807, 2.05) is 12.1 Å². The summed E-state index contributed by atoms with van der Waals surface area (Å²) >= 11 is 0. The number of rotatable bonds is 10. The van der Waals surface area contributed by atoms with Crippen LogP contribution < -0.4 is 26.2 Å². The van der Waals surface area contributed by atoms with Crippen LogP contribution >= 0.6 is 0 Å². The van der Waals surface area contributed by atoms with Crippen LogP contribution in [0, 0.1) is 17.9 Å². The first kappa shape index (κ1) is 91.4. The molecule has 6 heteroatoms. The standard InChI is InChI=1S/C126H134BN5/c1-117(2,3)88-49-46-78(47-50-88)81-48-53-110-107(68-81)127-106-52-51-99(130-108-44-34-32-42-100(108)101-43-33-35-45-109(101)130)75-111(106)132(116-104(86-59-93(122(16,17)18)71-94(60-86)123(19,20)21)66-83(80-40-37-41-98(63-80)129-31)67-105(116)87-61-95(124(22,23)24)72-96(62-87)125(25,26)27)113-74-97(126(28,29)30)73-112(114(113)127)131(110)115-102(84-55-89(118(4,5)6)69-90(56-84)119(7,8)9)64-82(79-39-36-38-77(54-79)76-128)65-103(115)85-57-91(120(10,11)12)70-92(58-85)121(13,14)15/h32-75H,1-30H3. The zero-order valence-electron chi connectivity index (χ0n) is 84.2. The van der Waals surface area contributed by atoms with Gasteiger partial charge in [-0.2, -0.15) is 5.26 Å². The summed E-state index contributed by atoms with van der Waals surface area (Å²) in [5, 5.41) is 13.4. The largest absolute Gasteiger partial charge is 0.310 e. The minimum atomic E-state index is -0.464. The van der Waals surface area contributed by atoms with Crippen LogP contribution in [0.2, 0.25) is 0 Å². The average Bonchev–Trinajstić information content (AvgIpc) is 0.723. The number of hydrogen-bond donors (Lipinski definition) is 0. The maximum atomic E-state index is 11.0. The smallest absolute Gasteiger partial charge is 0.252 e. The van der Waals surface area contributed by atoms with E-state index in [-0.39, 0.29) is 55.4 Å². The molecular weight excluding hydrogens is 1590 g/mol. The van der Waals surface area contributed by atoms with Gasteiger partial charge in [0.25, 0.3) is 6.71 Å². The van der Waals surface area contributed by atoms with E-state index in [2.05, 4.69) is 488 Å². The van der Waals surface area contributed by atoms with Gasteiger partial charge in [-0.05, 0) is 267 Å². The second-order valence-electron chi connectivity index (χ2n) is 48.4. The fourth-order valence-corrected chi connectivity index (χ4v) is 19.7. The highest BCUT2D eigenvalue weighted by Crippen LogP contribution is 2.58. The second-order valence-corrected chi connectivity index (χ2v) is 48.4. The minimum Gasteiger partial charge on any atom is -0.310 e. The van der Waals surface area contributed by atoms with Crippen LogP contribution in [-0.2, 0) is 54.1 Å². The van der Waals surface area contributed by atoms with Crippen molar-refractivity contribution in [2.45, 2.75) is 262 Å². The molecule has 0 amide bonds. The topological polar surface area (TPSA) is 39.6 Å². The lowest BCUT2D eigenvalue weighted by atomic mass is 9.33. The maximum absolute atomic E-state index is 11.0. The van der Waals surface area contributed by atoms with Crippen LogP contribution in [0.25, 0.3) is 110 Å². The van der Waals surface area contributed by atoms with E-state index in [0.29, 0.717) is 11.3 Å². The van der Waals surface area contributed by atoms with Crippen molar-refractivity contribution < 1.29 is 0 Å². The van der Waals surface area contributed by atoms with Crippen LogP contribution in [-0.4, -0.2) is 11.3 Å². The van der Waals surface area contributed by atoms with Gasteiger partial charge in [0.15, 0.2) is 5.69 Å². The predicted molar refractivity (Wildman–Crippen MR) is 571 cm³/mol. The lowest BCUT2D eigenvalue weighted by molar-refractivity contribution is 0.568. The zero-order chi connectivity index (χ0) is 94.9. The van der Waals surface area contributed by atoms with Gasteiger partial charge in [0.2, 0.25) is 0 Å². The molecule has 0 bridgehead atoms. The van der Waals surface area contributed by atoms with Gasteiger partial charge in [0.1, 0.15) is 0 Å². The molecule has 0 N–H and O–H groups in total. The summed E-state index contributed by atoms with van der Waals surface area (Å²) in [4.78, 5) is 9.72. The van der Waals surface area contributed by atoms with Gasteiger partial charge >= 0.3 is 0 Å². The lowest BCUT2D eigenvalue weighted by Gasteiger charge is -2.47. The summed E-state index contributed by atoms with van der Waals surface area (Å²) in [6.45, 7) is 79.2. The van der Waals surface area contributed by atoms with Gasteiger partial charge in [-0.15, -0.1) is 0 Å². The number of benzene rings is 14. The molecule has 14 aromatic carbocycles. The number of hydrogen-bond acceptors (Lipinski definition) is 3. The molecule has 0 aliphatic carbocycles. The van der Waals surface area contributed by atoms with Crippen molar-refractivity contribution in [3.63, 3.8) is 0 Å². The van der Waals surface area contributed by atoms with Crippen molar-refractivity contribution in [3.05, 3.63) is 340 Å². The normalized spacial score (nSPS) is 13.5. The van der Waals surface area contributed by atoms with Gasteiger partial charge in [-0.3, -0.25) is 0 Å². The van der Waals surface area contributed by atoms with Crippen molar-refractivity contribution in [2.24, 2.45) is 0 Å². The van der Waals surface area contributed by atoms with Crippen molar-refractivity contribution >= 4 is 84.7 Å². The van der Waals surface area contributed by atoms with E-state index in [9.17, 15) is 5.26 Å². The first-order valence-corrected chi connectivity index (χ1v) is 47.8. The van der Waals surface area contributed by atoms with Crippen LogP contribution in [0.5, 0.6) is 0 Å². The number of fused-ring (bicyclic) bond motifs is 7. The van der Waals surface area contributed by atoms with Crippen LogP contribution in [0.1, 0.15) is 269 Å². The van der Waals surface area contributed by atoms with Crippen molar-refractivity contribution in [1.82, 2.24) is 4.57 Å². The highest BCUT2D eigenvalue weighted by Gasteiger charge is 2.48. The zero-order valence-corrected chi connectivity index (χ0v) is 84.2. The summed E-state index contributed by atoms with van der Waals surface area (Å²) in [6, 6.07) is 107. The maximum Gasteiger partial charge on any atom is 0.252 e. The Morgan fingerprint density at radius 3 is 0.970 bits per heavy atom. The molecule has 0 radical (unpaired) electrons. The number of aromatic nitrogens is 1. The van der Waals surface area contributed by atoms with Crippen LogP contribution in [0.3, 0.4) is 0 Å². The molecule has 5 nitrogen and oxygen atoms in total. The van der Waals surface area contributed by atoms with E-state index in [1.165, 1.54) is 82.8 Å². The molecule has 666 valence electrons. The molecule has 17 rings (SSSR count). The lowest BCUT2D eigenvalue weighted by Crippen LogP contribution is -2.61. The second kappa shape index (κ2) is 32.2. The van der Waals surface area contributed by atoms with Gasteiger partial charge in [0, 0.05) is 61.5 Å². The number of anilines is 6. The molecule has 2 aliphatic rings. The molecule has 0 spiro atoms. The number of nitrogens with zero attached hydrogens (tertiary/aromatic N) is 5. The fourth-order valence-electron chi connectivity index (χ4n) is 19.7. The Kier molecular flexibility index (Phi) is 22.3. The Hall–Kier alpha value is -12.5. The molecule has 0 saturated heterocycles. The molecule has 3 heterocycles. The third-order valence-corrected chi connectivity index (χ3v) is 28.0. The fraction of sp³-hybridized carbons (Fsp3) is 0.317. The highest BCUT2D eigenvalue weighted by atomic mass is 15.2. The molecule has 0 fully saturated rings. The SMILES string of the molecule is [C-]#[N+]c1cccc(-c2cc(-c3cc(C(C)(C)C)cc(C(C)(C)C)c3)c(N3c4cc(-n5c6ccccc6c6ccccc65)ccc4B4c5cc(-c6ccc(C(C)(C)C)cc6)ccc5N(c5c(-c6cc(C(C)(C)C)cc(C(C)(C)C)c6)cc(-c6cccc(C#N)c6)cc5-c5cc(C(C)(C)C)cc(C(C)(C)C)c5)c5cc(C(C)(C)C)cc3c54)c(-c3cc(C(C)(C)C)cc(C(C)(C)C)c3)c2)c1. The van der Waals surface area contributed by atoms with E-state index >= 15 is 0 Å². The highest BCUT2D eigenvalue weighted by molar-refractivity contribution is 7.00. The molecule has 0 saturated carbocycles. The van der Waals surface area contributed by atoms with Gasteiger partial charge in [-0.1, -0.05) is 390 Å². The molecule has 0 unspecified atom stereocenters. The predicted octanol–water partition coefficient (Wildman–Crippen LogP) is 33.9. The summed E-state index contributed by atoms with van der Waals surface area (Å²) < 4.78 is 2.52. The van der Waals surface area contributed by atoms with Crippen LogP contribution in [0.15, 0.2) is 267 Å². The third-order valence-electron chi connectivity index (χ3n) is 28.0. The molecule has 1 aromatic heterocycles. The molecule has 2 aliphatic heterocycles. The summed E-state index contributed by atoms with van der Waals surface area (Å²) in [7, 11) is 0. The van der Waals surface area contributed by atoms with Crippen molar-refractivity contribution in [1.29, 1.82) is 5.26 Å². The number of nitriles is 1. The van der Waals surface area contributed by atoms with Gasteiger partial charge in [0.05, 0.1) is 40.6 Å². The number of para-hydroxylation sites is 2. The Morgan fingerprint density at radius 1 is 0.258 bits per heavy atom. The van der Waals surface area contributed by atoms with Crippen molar-refractivity contribution in [3.8, 4) is 89.6 Å². The summed E-state index contributed by atoms with van der Waals surface area (Å²) in [5.41, 5.74) is 39.4. The quantitative estimate of drug-likeness (QED) is 0.101. The molecule has 15 aromatic rings. The van der Waals surface area contributed by atoms with Gasteiger partial charge in [-0.25, -0.2) is 4.85 Å². The van der Waals surface area contributed by atoms with E-state index in [1.54, 1.807) is 0 Å². The molecule has 132 heavy (non-hydrogen) atoms. The average molecular weight is 1730 g/mol. The Bertz CT molecular complexity index is 6870. The first-order chi connectivity index (χ1) is 61.6. The Labute approximate surface area is 790 Å². The van der Waals surface area contributed by atoms with E-state index in [0.717, 1.165) is 129 Å². The summed E-state index contributed by atoms with van der Waals surface area (Å²) in [6.07, 6.45) is 0. The Morgan fingerprint density at radius 2 is 0.598 bits per heavy atom.